The van der Waals surface area contributed by atoms with E-state index in [1.54, 1.807) is 12.1 Å². The minimum absolute atomic E-state index is 0.0425. The summed E-state index contributed by atoms with van der Waals surface area (Å²) in [5.74, 6) is -1.26. The monoisotopic (exact) mass is 394 g/mol. The van der Waals surface area contributed by atoms with Crippen LogP contribution in [0, 0.1) is 10.1 Å². The molecule has 0 atom stereocenters. The number of hydrogen-bond donors (Lipinski definition) is 1. The lowest BCUT2D eigenvalue weighted by Gasteiger charge is -2.08. The summed E-state index contributed by atoms with van der Waals surface area (Å²) in [6.07, 6.45) is 0.441. The molecule has 0 unspecified atom stereocenters. The van der Waals surface area contributed by atoms with Gasteiger partial charge in [0, 0.05) is 18.7 Å². The molecule has 10 heteroatoms. The van der Waals surface area contributed by atoms with Gasteiger partial charge in [-0.1, -0.05) is 12.1 Å². The molecule has 2 rings (SSSR count). The molecule has 1 N–H and O–H groups in total. The number of benzene rings is 2. The number of nitrogens with one attached hydrogen (secondary N) is 1. The third-order valence-electron chi connectivity index (χ3n) is 3.53. The van der Waals surface area contributed by atoms with Crippen LogP contribution in [0.15, 0.2) is 48.5 Å². The van der Waals surface area contributed by atoms with Crippen molar-refractivity contribution in [1.82, 2.24) is 5.32 Å². The van der Waals surface area contributed by atoms with Gasteiger partial charge in [-0.15, -0.1) is 0 Å². The summed E-state index contributed by atoms with van der Waals surface area (Å²) < 4.78 is 33.2. The van der Waals surface area contributed by atoms with Gasteiger partial charge in [-0.2, -0.15) is 8.78 Å². The predicted molar refractivity (Wildman–Crippen MR) is 93.2 cm³/mol. The van der Waals surface area contributed by atoms with Gasteiger partial charge in [-0.05, 0) is 36.2 Å². The van der Waals surface area contributed by atoms with Crippen molar-refractivity contribution in [3.63, 3.8) is 0 Å². The maximum Gasteiger partial charge on any atom is 0.387 e. The molecule has 0 aliphatic carbocycles. The largest absolute Gasteiger partial charge is 0.452 e. The van der Waals surface area contributed by atoms with Crippen LogP contribution >= 0.6 is 0 Å². The Morgan fingerprint density at radius 2 is 1.71 bits per heavy atom. The quantitative estimate of drug-likeness (QED) is 0.398. The van der Waals surface area contributed by atoms with Crippen LogP contribution in [0.3, 0.4) is 0 Å². The Morgan fingerprint density at radius 3 is 2.29 bits per heavy atom. The Hall–Kier alpha value is -3.56. The van der Waals surface area contributed by atoms with E-state index in [1.807, 2.05) is 0 Å². The van der Waals surface area contributed by atoms with E-state index >= 15 is 0 Å². The third kappa shape index (κ3) is 6.63. The molecular weight excluding hydrogens is 378 g/mol. The van der Waals surface area contributed by atoms with E-state index in [-0.39, 0.29) is 23.5 Å². The number of nitrogens with zero attached hydrogens (tertiary/aromatic N) is 1. The van der Waals surface area contributed by atoms with Gasteiger partial charge >= 0.3 is 12.6 Å². The molecule has 0 spiro atoms. The lowest BCUT2D eigenvalue weighted by Crippen LogP contribution is -2.30. The van der Waals surface area contributed by atoms with Crippen LogP contribution in [-0.2, 0) is 16.0 Å². The average molecular weight is 394 g/mol. The van der Waals surface area contributed by atoms with E-state index in [9.17, 15) is 28.5 Å². The van der Waals surface area contributed by atoms with Crippen LogP contribution in [0.25, 0.3) is 0 Å². The Balaban J connectivity index is 1.70. The molecule has 0 saturated carbocycles. The predicted octanol–water partition coefficient (Wildman–Crippen LogP) is 2.71. The molecule has 0 bridgehead atoms. The molecule has 0 heterocycles. The topological polar surface area (TPSA) is 108 Å². The van der Waals surface area contributed by atoms with E-state index in [0.717, 1.165) is 17.7 Å². The van der Waals surface area contributed by atoms with Crippen LogP contribution in [-0.4, -0.2) is 36.6 Å². The van der Waals surface area contributed by atoms with Gasteiger partial charge in [0.25, 0.3) is 11.6 Å². The van der Waals surface area contributed by atoms with Crippen molar-refractivity contribution in [2.75, 3.05) is 13.2 Å². The molecule has 2 aromatic rings. The maximum atomic E-state index is 12.1. The number of non-ortho nitro benzene ring substituents is 1. The normalized spacial score (nSPS) is 10.4. The zero-order chi connectivity index (χ0) is 20.5. The zero-order valence-corrected chi connectivity index (χ0v) is 14.5. The number of amides is 1. The summed E-state index contributed by atoms with van der Waals surface area (Å²) in [7, 11) is 0. The summed E-state index contributed by atoms with van der Waals surface area (Å²) in [4.78, 5) is 33.5. The molecule has 0 aliphatic rings. The number of rotatable bonds is 9. The second-order valence-electron chi connectivity index (χ2n) is 5.50. The van der Waals surface area contributed by atoms with Crippen LogP contribution in [0.5, 0.6) is 5.75 Å². The van der Waals surface area contributed by atoms with Crippen molar-refractivity contribution < 1.29 is 32.8 Å². The van der Waals surface area contributed by atoms with Crippen LogP contribution in [0.4, 0.5) is 14.5 Å². The van der Waals surface area contributed by atoms with Gasteiger partial charge in [0.05, 0.1) is 10.5 Å². The molecule has 28 heavy (non-hydrogen) atoms. The van der Waals surface area contributed by atoms with E-state index < -0.39 is 30.0 Å². The number of ether oxygens (including phenoxy) is 2. The molecule has 2 aromatic carbocycles. The first-order valence-electron chi connectivity index (χ1n) is 8.07. The van der Waals surface area contributed by atoms with Crippen molar-refractivity contribution in [1.29, 1.82) is 0 Å². The molecule has 8 nitrogen and oxygen atoms in total. The maximum absolute atomic E-state index is 12.1. The van der Waals surface area contributed by atoms with Gasteiger partial charge in [-0.25, -0.2) is 4.79 Å². The van der Waals surface area contributed by atoms with E-state index in [0.29, 0.717) is 6.42 Å². The first-order chi connectivity index (χ1) is 13.3. The van der Waals surface area contributed by atoms with E-state index in [2.05, 4.69) is 10.1 Å². The van der Waals surface area contributed by atoms with Crippen molar-refractivity contribution in [2.24, 2.45) is 0 Å². The second kappa shape index (κ2) is 9.95. The number of carbonyl (C=O) groups excluding carboxylic acids is 2. The summed E-state index contributed by atoms with van der Waals surface area (Å²) >= 11 is 0. The van der Waals surface area contributed by atoms with Gasteiger partial charge in [0.1, 0.15) is 5.75 Å². The summed E-state index contributed by atoms with van der Waals surface area (Å²) in [6.45, 7) is -3.14. The Kier molecular flexibility index (Phi) is 7.37. The number of hydrogen-bond acceptors (Lipinski definition) is 6. The highest BCUT2D eigenvalue weighted by Crippen LogP contribution is 2.15. The minimum atomic E-state index is -2.89. The zero-order valence-electron chi connectivity index (χ0n) is 14.5. The summed E-state index contributed by atoms with van der Waals surface area (Å²) in [5.41, 5.74) is 0.720. The molecule has 0 saturated heterocycles. The van der Waals surface area contributed by atoms with Gasteiger partial charge in [-0.3, -0.25) is 14.9 Å². The standard InChI is InChI=1S/C18H16F2N2O6/c19-18(20)28-15-7-1-12(2-8-15)9-10-21-16(23)11-27-17(24)13-3-5-14(6-4-13)22(25)26/h1-8,18H,9-11H2,(H,21,23). The average Bonchev–Trinajstić information content (AvgIpc) is 2.67. The fraction of sp³-hybridized carbons (Fsp3) is 0.222. The Bertz CT molecular complexity index is 825. The minimum Gasteiger partial charge on any atom is -0.452 e. The van der Waals surface area contributed by atoms with E-state index in [1.165, 1.54) is 24.3 Å². The lowest BCUT2D eigenvalue weighted by molar-refractivity contribution is -0.384. The number of carbonyl (C=O) groups is 2. The number of nitro benzene ring substituents is 1. The van der Waals surface area contributed by atoms with Crippen molar-refractivity contribution in [3.8, 4) is 5.75 Å². The third-order valence-corrected chi connectivity index (χ3v) is 3.53. The molecule has 0 aliphatic heterocycles. The van der Waals surface area contributed by atoms with Crippen molar-refractivity contribution in [2.45, 2.75) is 13.0 Å². The number of nitro groups is 1. The highest BCUT2D eigenvalue weighted by molar-refractivity contribution is 5.91. The lowest BCUT2D eigenvalue weighted by atomic mass is 10.1. The molecule has 0 aromatic heterocycles. The SMILES string of the molecule is O=C(COC(=O)c1ccc([N+](=O)[O-])cc1)NCCc1ccc(OC(F)F)cc1. The Labute approximate surface area is 158 Å². The van der Waals surface area contributed by atoms with Gasteiger partial charge in [0.2, 0.25) is 0 Å². The summed E-state index contributed by atoms with van der Waals surface area (Å²) in [6, 6.07) is 10.8. The van der Waals surface area contributed by atoms with Gasteiger partial charge in [0.15, 0.2) is 6.61 Å². The number of alkyl halides is 2. The summed E-state index contributed by atoms with van der Waals surface area (Å²) in [5, 5.41) is 13.1. The second-order valence-corrected chi connectivity index (χ2v) is 5.50. The first-order valence-corrected chi connectivity index (χ1v) is 8.07. The molecule has 148 valence electrons. The fourth-order valence-corrected chi connectivity index (χ4v) is 2.17. The molecular formula is C18H16F2N2O6. The van der Waals surface area contributed by atoms with Crippen LogP contribution < -0.4 is 10.1 Å². The van der Waals surface area contributed by atoms with E-state index in [4.69, 9.17) is 4.74 Å². The Morgan fingerprint density at radius 1 is 1.07 bits per heavy atom. The van der Waals surface area contributed by atoms with Gasteiger partial charge < -0.3 is 14.8 Å². The highest BCUT2D eigenvalue weighted by Gasteiger charge is 2.12. The van der Waals surface area contributed by atoms with Crippen molar-refractivity contribution in [3.05, 3.63) is 69.8 Å². The first kappa shape index (κ1) is 20.7. The molecule has 0 radical (unpaired) electrons. The highest BCUT2D eigenvalue weighted by atomic mass is 19.3. The van der Waals surface area contributed by atoms with Crippen LogP contribution in [0.1, 0.15) is 15.9 Å². The van der Waals surface area contributed by atoms with Crippen molar-refractivity contribution >= 4 is 17.6 Å². The van der Waals surface area contributed by atoms with Crippen LogP contribution in [0.2, 0.25) is 0 Å². The number of halogens is 2. The fourth-order valence-electron chi connectivity index (χ4n) is 2.17. The molecule has 0 fully saturated rings. The number of esters is 1. The smallest absolute Gasteiger partial charge is 0.387 e. The molecule has 1 amide bonds.